The van der Waals surface area contributed by atoms with Crippen LogP contribution in [0.3, 0.4) is 0 Å². The number of amides is 1. The first kappa shape index (κ1) is 19.4. The van der Waals surface area contributed by atoms with E-state index in [1.807, 2.05) is 55.5 Å². The number of carbonyl (C=O) groups excluding carboxylic acids is 2. The van der Waals surface area contributed by atoms with Gasteiger partial charge >= 0.3 is 0 Å². The summed E-state index contributed by atoms with van der Waals surface area (Å²) in [7, 11) is 1.63. The van der Waals surface area contributed by atoms with E-state index in [0.717, 1.165) is 33.8 Å². The molecule has 0 fully saturated rings. The Labute approximate surface area is 172 Å². The number of ether oxygens (including phenoxy) is 1. The van der Waals surface area contributed by atoms with Crippen LogP contribution < -0.4 is 9.64 Å². The quantitative estimate of drug-likeness (QED) is 0.728. The first-order chi connectivity index (χ1) is 13.8. The van der Waals surface area contributed by atoms with Crippen molar-refractivity contribution in [1.82, 2.24) is 0 Å². The molecule has 0 saturated carbocycles. The van der Waals surface area contributed by atoms with Crippen LogP contribution in [0.15, 0.2) is 59.8 Å². The summed E-state index contributed by atoms with van der Waals surface area (Å²) in [6.45, 7) is 6.21. The molecule has 1 heterocycles. The third-order valence-electron chi connectivity index (χ3n) is 5.92. The van der Waals surface area contributed by atoms with Gasteiger partial charge < -0.3 is 4.74 Å². The van der Waals surface area contributed by atoms with Crippen molar-refractivity contribution in [2.24, 2.45) is 5.41 Å². The average Bonchev–Trinajstić information content (AvgIpc) is 2.66. The van der Waals surface area contributed by atoms with E-state index in [0.29, 0.717) is 12.8 Å². The third kappa shape index (κ3) is 3.48. The van der Waals surface area contributed by atoms with E-state index in [4.69, 9.17) is 4.74 Å². The van der Waals surface area contributed by atoms with Gasteiger partial charge in [-0.1, -0.05) is 44.2 Å². The second kappa shape index (κ2) is 7.18. The molecular weight excluding hydrogens is 362 g/mol. The number of aryl methyl sites for hydroxylation is 1. The predicted octanol–water partition coefficient (Wildman–Crippen LogP) is 5.17. The number of benzene rings is 2. The molecule has 0 N–H and O–H groups in total. The summed E-state index contributed by atoms with van der Waals surface area (Å²) in [5.74, 6) is 0.616. The number of ketones is 1. The zero-order valence-corrected chi connectivity index (χ0v) is 17.5. The zero-order valence-electron chi connectivity index (χ0n) is 17.5. The van der Waals surface area contributed by atoms with Gasteiger partial charge in [0.2, 0.25) is 5.91 Å². The molecule has 4 heteroatoms. The maximum absolute atomic E-state index is 13.4. The lowest BCUT2D eigenvalue weighted by Crippen LogP contribution is -2.43. The first-order valence-corrected chi connectivity index (χ1v) is 10.1. The van der Waals surface area contributed by atoms with Gasteiger partial charge in [-0.05, 0) is 42.5 Å². The minimum atomic E-state index is -0.265. The van der Waals surface area contributed by atoms with E-state index in [-0.39, 0.29) is 29.4 Å². The van der Waals surface area contributed by atoms with Gasteiger partial charge in [0.05, 0.1) is 7.11 Å². The highest BCUT2D eigenvalue weighted by molar-refractivity contribution is 6.08. The van der Waals surface area contributed by atoms with Gasteiger partial charge in [-0.25, -0.2) is 0 Å². The number of rotatable bonds is 3. The standard InChI is InChI=1S/C25H27NO3/c1-16-8-7-9-17(12-16)26-20-14-25(2,3)15-21(27)24(20)19(13-23(26)28)18-10-5-6-11-22(18)29-4/h5-12,19H,13-15H2,1-4H3. The fourth-order valence-electron chi connectivity index (χ4n) is 4.70. The van der Waals surface area contributed by atoms with Crippen molar-refractivity contribution in [3.05, 3.63) is 70.9 Å². The van der Waals surface area contributed by atoms with Crippen LogP contribution in [0, 0.1) is 12.3 Å². The summed E-state index contributed by atoms with van der Waals surface area (Å²) in [6.07, 6.45) is 1.45. The summed E-state index contributed by atoms with van der Waals surface area (Å²) in [5.41, 5.74) is 4.28. The molecule has 0 saturated heterocycles. The van der Waals surface area contributed by atoms with Crippen molar-refractivity contribution in [3.8, 4) is 5.75 Å². The number of carbonyl (C=O) groups is 2. The number of anilines is 1. The van der Waals surface area contributed by atoms with Gasteiger partial charge in [-0.15, -0.1) is 0 Å². The molecule has 2 aromatic carbocycles. The Morgan fingerprint density at radius 3 is 2.52 bits per heavy atom. The molecule has 1 unspecified atom stereocenters. The van der Waals surface area contributed by atoms with Crippen molar-refractivity contribution in [2.45, 2.75) is 46.0 Å². The van der Waals surface area contributed by atoms with Crippen LogP contribution in [0.1, 0.15) is 50.2 Å². The van der Waals surface area contributed by atoms with Gasteiger partial charge in [0.1, 0.15) is 5.75 Å². The summed E-state index contributed by atoms with van der Waals surface area (Å²) in [6, 6.07) is 15.6. The molecule has 2 aromatic rings. The molecule has 4 nitrogen and oxygen atoms in total. The molecule has 1 atom stereocenters. The minimum absolute atomic E-state index is 0.0238. The van der Waals surface area contributed by atoms with Crippen LogP contribution in [0.25, 0.3) is 0 Å². The highest BCUT2D eigenvalue weighted by atomic mass is 16.5. The fraction of sp³-hybridized carbons (Fsp3) is 0.360. The highest BCUT2D eigenvalue weighted by Crippen LogP contribution is 2.49. The number of Topliss-reactive ketones (excluding diaryl/α,β-unsaturated/α-hetero) is 1. The lowest BCUT2D eigenvalue weighted by Gasteiger charge is -2.43. The molecule has 29 heavy (non-hydrogen) atoms. The number of nitrogens with zero attached hydrogens (tertiary/aromatic N) is 1. The van der Waals surface area contributed by atoms with Crippen LogP contribution in [-0.4, -0.2) is 18.8 Å². The lowest BCUT2D eigenvalue weighted by atomic mass is 9.69. The Kier molecular flexibility index (Phi) is 4.81. The molecule has 1 amide bonds. The van der Waals surface area contributed by atoms with E-state index >= 15 is 0 Å². The van der Waals surface area contributed by atoms with Crippen LogP contribution in [0.5, 0.6) is 5.75 Å². The Morgan fingerprint density at radius 1 is 1.03 bits per heavy atom. The van der Waals surface area contributed by atoms with Crippen LogP contribution in [0.2, 0.25) is 0 Å². The van der Waals surface area contributed by atoms with E-state index in [2.05, 4.69) is 13.8 Å². The van der Waals surface area contributed by atoms with Gasteiger partial charge in [0.25, 0.3) is 0 Å². The molecule has 0 spiro atoms. The van der Waals surface area contributed by atoms with Gasteiger partial charge in [0, 0.05) is 41.3 Å². The first-order valence-electron chi connectivity index (χ1n) is 10.1. The second-order valence-corrected chi connectivity index (χ2v) is 8.87. The van der Waals surface area contributed by atoms with Gasteiger partial charge in [0.15, 0.2) is 5.78 Å². The van der Waals surface area contributed by atoms with Crippen LogP contribution >= 0.6 is 0 Å². The highest BCUT2D eigenvalue weighted by Gasteiger charge is 2.44. The normalized spacial score (nSPS) is 21.2. The topological polar surface area (TPSA) is 46.6 Å². The molecule has 0 bridgehead atoms. The molecule has 1 aliphatic carbocycles. The average molecular weight is 389 g/mol. The molecule has 150 valence electrons. The molecule has 2 aliphatic rings. The third-order valence-corrected chi connectivity index (χ3v) is 5.92. The number of hydrogen-bond donors (Lipinski definition) is 0. The van der Waals surface area contributed by atoms with Crippen molar-refractivity contribution >= 4 is 17.4 Å². The number of allylic oxidation sites excluding steroid dienone is 2. The maximum atomic E-state index is 13.4. The van der Waals surface area contributed by atoms with E-state index in [1.165, 1.54) is 0 Å². The fourth-order valence-corrected chi connectivity index (χ4v) is 4.70. The van der Waals surface area contributed by atoms with E-state index < -0.39 is 0 Å². The lowest BCUT2D eigenvalue weighted by molar-refractivity contribution is -0.121. The summed E-state index contributed by atoms with van der Waals surface area (Å²) in [4.78, 5) is 28.5. The Hall–Kier alpha value is -2.88. The Morgan fingerprint density at radius 2 is 1.79 bits per heavy atom. The minimum Gasteiger partial charge on any atom is -0.496 e. The smallest absolute Gasteiger partial charge is 0.232 e. The van der Waals surface area contributed by atoms with Crippen molar-refractivity contribution in [2.75, 3.05) is 12.0 Å². The van der Waals surface area contributed by atoms with Crippen LogP contribution in [-0.2, 0) is 9.59 Å². The molecular formula is C25H27NO3. The van der Waals surface area contributed by atoms with Gasteiger partial charge in [-0.3, -0.25) is 14.5 Å². The molecule has 0 aromatic heterocycles. The Balaban J connectivity index is 1.93. The Bertz CT molecular complexity index is 1020. The van der Waals surface area contributed by atoms with E-state index in [9.17, 15) is 9.59 Å². The predicted molar refractivity (Wildman–Crippen MR) is 114 cm³/mol. The summed E-state index contributed by atoms with van der Waals surface area (Å²) in [5, 5.41) is 0. The zero-order chi connectivity index (χ0) is 20.8. The largest absolute Gasteiger partial charge is 0.496 e. The number of para-hydroxylation sites is 1. The molecule has 1 aliphatic heterocycles. The van der Waals surface area contributed by atoms with Gasteiger partial charge in [-0.2, -0.15) is 0 Å². The number of methoxy groups -OCH3 is 1. The molecule has 0 radical (unpaired) electrons. The monoisotopic (exact) mass is 389 g/mol. The number of hydrogen-bond acceptors (Lipinski definition) is 3. The molecule has 4 rings (SSSR count). The van der Waals surface area contributed by atoms with Crippen molar-refractivity contribution in [3.63, 3.8) is 0 Å². The van der Waals surface area contributed by atoms with E-state index in [1.54, 1.807) is 12.0 Å². The SMILES string of the molecule is COc1ccccc1C1CC(=O)N(c2cccc(C)c2)C2=C1C(=O)CC(C)(C)C2. The summed E-state index contributed by atoms with van der Waals surface area (Å²) < 4.78 is 5.56. The summed E-state index contributed by atoms with van der Waals surface area (Å²) >= 11 is 0. The maximum Gasteiger partial charge on any atom is 0.232 e. The second-order valence-electron chi connectivity index (χ2n) is 8.87. The van der Waals surface area contributed by atoms with Crippen molar-refractivity contribution in [1.29, 1.82) is 0 Å². The van der Waals surface area contributed by atoms with Crippen molar-refractivity contribution < 1.29 is 14.3 Å². The van der Waals surface area contributed by atoms with Crippen LogP contribution in [0.4, 0.5) is 5.69 Å².